The number of quaternary nitrogens is 1. The van der Waals surface area contributed by atoms with Gasteiger partial charge in [0.05, 0.1) is 20.0 Å². The van der Waals surface area contributed by atoms with E-state index in [1.165, 1.54) is 27.7 Å². The lowest BCUT2D eigenvalue weighted by molar-refractivity contribution is -0.597. The highest BCUT2D eigenvalue weighted by atomic mass is 16.7. The van der Waals surface area contributed by atoms with Gasteiger partial charge in [-0.2, -0.15) is 0 Å². The predicted molar refractivity (Wildman–Crippen MR) is 100 cm³/mol. The summed E-state index contributed by atoms with van der Waals surface area (Å²) in [4.78, 5) is 47.8. The van der Waals surface area contributed by atoms with E-state index in [-0.39, 0.29) is 11.3 Å². The number of furan rings is 1. The SMILES string of the molecule is CC1(C)OC(=O)C(=Cc2cc(C=C3C(=O)OC(C)(C)OC3=O)c([O-])o2)C(=O)O1.C[NH2+]C. The van der Waals surface area contributed by atoms with Crippen molar-refractivity contribution >= 4 is 36.0 Å². The molecule has 0 unspecified atom stereocenters. The van der Waals surface area contributed by atoms with Crippen molar-refractivity contribution in [2.24, 2.45) is 0 Å². The van der Waals surface area contributed by atoms with Crippen LogP contribution in [0, 0.1) is 0 Å². The molecular formula is C20H23NO10. The van der Waals surface area contributed by atoms with Crippen LogP contribution in [0.3, 0.4) is 0 Å². The number of cyclic esters (lactones) is 4. The molecule has 2 fully saturated rings. The zero-order valence-corrected chi connectivity index (χ0v) is 17.9. The molecular weight excluding hydrogens is 414 g/mol. The van der Waals surface area contributed by atoms with E-state index in [0.29, 0.717) is 0 Å². The van der Waals surface area contributed by atoms with E-state index in [9.17, 15) is 24.3 Å². The number of rotatable bonds is 2. The fraction of sp³-hybridized carbons (Fsp3) is 0.400. The summed E-state index contributed by atoms with van der Waals surface area (Å²) in [6, 6.07) is 1.13. The maximum absolute atomic E-state index is 12.0. The van der Waals surface area contributed by atoms with Crippen LogP contribution in [-0.4, -0.2) is 49.5 Å². The van der Waals surface area contributed by atoms with E-state index in [4.69, 9.17) is 23.4 Å². The average molecular weight is 437 g/mol. The second-order valence-electron chi connectivity index (χ2n) is 7.44. The van der Waals surface area contributed by atoms with Crippen LogP contribution in [-0.2, 0) is 38.1 Å². The van der Waals surface area contributed by atoms with E-state index in [2.05, 4.69) is 0 Å². The molecule has 0 bridgehead atoms. The topological polar surface area (TPSA) is 158 Å². The number of nitrogens with two attached hydrogens (primary N) is 1. The Morgan fingerprint density at radius 3 is 1.52 bits per heavy atom. The maximum atomic E-state index is 12.0. The van der Waals surface area contributed by atoms with Gasteiger partial charge in [-0.25, -0.2) is 19.2 Å². The second-order valence-corrected chi connectivity index (χ2v) is 7.44. The molecule has 0 aliphatic carbocycles. The summed E-state index contributed by atoms with van der Waals surface area (Å²) in [5.41, 5.74) is -1.17. The lowest BCUT2D eigenvalue weighted by Crippen LogP contribution is -2.74. The largest absolute Gasteiger partial charge is 0.579 e. The number of hydrogen-bond acceptors (Lipinski definition) is 10. The van der Waals surface area contributed by atoms with Gasteiger partial charge in [-0.1, -0.05) is 0 Å². The highest BCUT2D eigenvalue weighted by Gasteiger charge is 2.40. The van der Waals surface area contributed by atoms with Crippen molar-refractivity contribution in [1.29, 1.82) is 0 Å². The van der Waals surface area contributed by atoms with Crippen LogP contribution in [0.4, 0.5) is 0 Å². The van der Waals surface area contributed by atoms with Crippen LogP contribution >= 0.6 is 0 Å². The van der Waals surface area contributed by atoms with Gasteiger partial charge in [0.25, 0.3) is 11.6 Å². The van der Waals surface area contributed by atoms with Gasteiger partial charge < -0.3 is 33.8 Å². The summed E-state index contributed by atoms with van der Waals surface area (Å²) in [6.07, 6.45) is 1.90. The predicted octanol–water partition coefficient (Wildman–Crippen LogP) is -0.398. The van der Waals surface area contributed by atoms with Crippen LogP contribution in [0.1, 0.15) is 39.0 Å². The fourth-order valence-electron chi connectivity index (χ4n) is 2.43. The smallest absolute Gasteiger partial charge is 0.348 e. The first-order valence-electron chi connectivity index (χ1n) is 9.20. The summed E-state index contributed by atoms with van der Waals surface area (Å²) in [7, 11) is 4.00. The van der Waals surface area contributed by atoms with Gasteiger partial charge in [0.2, 0.25) is 0 Å². The number of ether oxygens (including phenoxy) is 4. The minimum absolute atomic E-state index is 0.182. The highest BCUT2D eigenvalue weighted by Crippen LogP contribution is 2.30. The molecule has 31 heavy (non-hydrogen) atoms. The number of esters is 4. The van der Waals surface area contributed by atoms with E-state index in [0.717, 1.165) is 18.2 Å². The first-order chi connectivity index (χ1) is 14.3. The lowest BCUT2D eigenvalue weighted by atomic mass is 10.1. The normalized spacial score (nSPS) is 19.3. The van der Waals surface area contributed by atoms with Gasteiger partial charge in [0.15, 0.2) is 0 Å². The monoisotopic (exact) mass is 437 g/mol. The Bertz CT molecular complexity index is 936. The molecule has 0 saturated carbocycles. The van der Waals surface area contributed by atoms with E-state index in [1.807, 2.05) is 19.4 Å². The van der Waals surface area contributed by atoms with Crippen molar-refractivity contribution < 1.29 is 53.0 Å². The van der Waals surface area contributed by atoms with Gasteiger partial charge in [0.1, 0.15) is 11.1 Å². The van der Waals surface area contributed by atoms with Gasteiger partial charge in [-0.3, -0.25) is 0 Å². The molecule has 2 aliphatic heterocycles. The lowest BCUT2D eigenvalue weighted by Gasteiger charge is -2.29. The van der Waals surface area contributed by atoms with E-state index >= 15 is 0 Å². The molecule has 11 nitrogen and oxygen atoms in total. The van der Waals surface area contributed by atoms with Crippen LogP contribution in [0.15, 0.2) is 21.6 Å². The minimum atomic E-state index is -1.42. The molecule has 3 rings (SSSR count). The Hall–Kier alpha value is -3.60. The molecule has 0 amide bonds. The molecule has 11 heteroatoms. The van der Waals surface area contributed by atoms with Crippen molar-refractivity contribution in [1.82, 2.24) is 0 Å². The summed E-state index contributed by atoms with van der Waals surface area (Å²) in [5, 5.41) is 14.0. The molecule has 1 aromatic heterocycles. The molecule has 3 heterocycles. The summed E-state index contributed by atoms with van der Waals surface area (Å²) in [5.74, 6) is -7.78. The Morgan fingerprint density at radius 2 is 1.13 bits per heavy atom. The third-order valence-corrected chi connectivity index (χ3v) is 3.56. The summed E-state index contributed by atoms with van der Waals surface area (Å²) >= 11 is 0. The zero-order valence-electron chi connectivity index (χ0n) is 17.9. The van der Waals surface area contributed by atoms with Crippen molar-refractivity contribution in [2.75, 3.05) is 14.1 Å². The van der Waals surface area contributed by atoms with Crippen LogP contribution in [0.25, 0.3) is 12.2 Å². The Morgan fingerprint density at radius 1 is 0.774 bits per heavy atom. The number of carbonyl (C=O) groups excluding carboxylic acids is 4. The zero-order chi connectivity index (χ0) is 23.6. The molecule has 2 saturated heterocycles. The quantitative estimate of drug-likeness (QED) is 0.367. The average Bonchev–Trinajstić information content (AvgIpc) is 2.93. The molecule has 0 spiro atoms. The second kappa shape index (κ2) is 8.64. The van der Waals surface area contributed by atoms with Crippen molar-refractivity contribution in [2.45, 2.75) is 39.3 Å². The standard InChI is InChI=1S/C18H16O10.C2H7N/c1-17(2)25-13(20)10(14(21)26-17)6-8-5-9(24-12(8)19)7-11-15(22)27-18(3,4)28-16(11)23;1-3-2/h5-7,19H,1-4H3;3H,1-2H3. The van der Waals surface area contributed by atoms with Gasteiger partial charge >= 0.3 is 23.9 Å². The summed E-state index contributed by atoms with van der Waals surface area (Å²) in [6.45, 7) is 5.53. The minimum Gasteiger partial charge on any atom is -0.579 e. The van der Waals surface area contributed by atoms with E-state index in [1.54, 1.807) is 0 Å². The third kappa shape index (κ3) is 5.72. The molecule has 0 radical (unpaired) electrons. The van der Waals surface area contributed by atoms with E-state index < -0.39 is 52.5 Å². The fourth-order valence-corrected chi connectivity index (χ4v) is 2.43. The van der Waals surface area contributed by atoms with Gasteiger partial charge in [-0.15, -0.1) is 0 Å². The van der Waals surface area contributed by atoms with Crippen LogP contribution < -0.4 is 10.4 Å². The number of hydrogen-bond donors (Lipinski definition) is 1. The number of carbonyl (C=O) groups is 4. The Labute approximate surface area is 177 Å². The Balaban J connectivity index is 0.00000107. The summed E-state index contributed by atoms with van der Waals surface area (Å²) < 4.78 is 24.6. The molecule has 0 aromatic carbocycles. The van der Waals surface area contributed by atoms with Crippen molar-refractivity contribution in [3.8, 4) is 5.95 Å². The Kier molecular flexibility index (Phi) is 6.60. The molecule has 2 aliphatic rings. The van der Waals surface area contributed by atoms with Crippen molar-refractivity contribution in [3.63, 3.8) is 0 Å². The third-order valence-electron chi connectivity index (χ3n) is 3.56. The molecule has 0 atom stereocenters. The van der Waals surface area contributed by atoms with Gasteiger partial charge in [0, 0.05) is 33.5 Å². The highest BCUT2D eigenvalue weighted by molar-refractivity contribution is 6.19. The molecule has 1 aromatic rings. The van der Waals surface area contributed by atoms with Gasteiger partial charge in [-0.05, 0) is 23.8 Å². The van der Waals surface area contributed by atoms with Crippen LogP contribution in [0.5, 0.6) is 5.95 Å². The first kappa shape index (κ1) is 23.7. The molecule has 168 valence electrons. The first-order valence-corrected chi connectivity index (χ1v) is 9.20. The maximum Gasteiger partial charge on any atom is 0.348 e. The van der Waals surface area contributed by atoms with Crippen LogP contribution in [0.2, 0.25) is 0 Å². The molecule has 2 N–H and O–H groups in total. The van der Waals surface area contributed by atoms with Crippen molar-refractivity contribution in [3.05, 3.63) is 28.5 Å².